The number of H-pyrrole nitrogens is 1. The van der Waals surface area contributed by atoms with E-state index < -0.39 is 5.92 Å². The van der Waals surface area contributed by atoms with E-state index in [4.69, 9.17) is 0 Å². The highest BCUT2D eigenvalue weighted by Gasteiger charge is 2.28. The summed E-state index contributed by atoms with van der Waals surface area (Å²) in [6.45, 7) is 3.26. The molecule has 0 spiro atoms. The number of amides is 2. The van der Waals surface area contributed by atoms with E-state index in [1.54, 1.807) is 12.1 Å². The van der Waals surface area contributed by atoms with E-state index in [-0.39, 0.29) is 30.6 Å². The molecule has 2 heterocycles. The van der Waals surface area contributed by atoms with Gasteiger partial charge in [-0.1, -0.05) is 42.5 Å². The number of aromatic nitrogens is 1. The van der Waals surface area contributed by atoms with Crippen LogP contribution in [0.15, 0.2) is 66.7 Å². The molecular weight excluding hydrogens is 443 g/mol. The van der Waals surface area contributed by atoms with Crippen molar-refractivity contribution in [1.29, 1.82) is 0 Å². The molecule has 180 valence electrons. The highest BCUT2D eigenvalue weighted by atomic mass is 19.1. The van der Waals surface area contributed by atoms with Crippen molar-refractivity contribution in [3.05, 3.63) is 83.7 Å². The van der Waals surface area contributed by atoms with Crippen LogP contribution in [0.25, 0.3) is 21.8 Å². The fourth-order valence-electron chi connectivity index (χ4n) is 4.73. The molecule has 1 aliphatic heterocycles. The molecule has 2 amide bonds. The second-order valence-corrected chi connectivity index (χ2v) is 9.26. The van der Waals surface area contributed by atoms with E-state index in [0.717, 1.165) is 46.0 Å². The maximum absolute atomic E-state index is 13.4. The van der Waals surface area contributed by atoms with Gasteiger partial charge in [-0.3, -0.25) is 9.59 Å². The Morgan fingerprint density at radius 2 is 1.66 bits per heavy atom. The molecule has 0 radical (unpaired) electrons. The number of rotatable bonds is 6. The fourth-order valence-corrected chi connectivity index (χ4v) is 4.73. The molecule has 2 N–H and O–H groups in total. The first-order chi connectivity index (χ1) is 17.0. The van der Waals surface area contributed by atoms with Gasteiger partial charge < -0.3 is 20.1 Å². The van der Waals surface area contributed by atoms with Gasteiger partial charge in [-0.15, -0.1) is 0 Å². The minimum Gasteiger partial charge on any atom is -0.355 e. The number of fused-ring (bicyclic) bond motifs is 3. The molecule has 3 aromatic carbocycles. The van der Waals surface area contributed by atoms with E-state index >= 15 is 0 Å². The molecule has 1 aliphatic rings. The minimum absolute atomic E-state index is 0.0169. The number of hydrogen-bond acceptors (Lipinski definition) is 3. The maximum atomic E-state index is 13.4. The molecule has 6 nitrogen and oxygen atoms in total. The summed E-state index contributed by atoms with van der Waals surface area (Å²) in [6.07, 6.45) is 0.102. The number of carbonyl (C=O) groups is 2. The van der Waals surface area contributed by atoms with Crippen molar-refractivity contribution in [3.8, 4) is 0 Å². The fraction of sp³-hybridized carbons (Fsp3) is 0.286. The Balaban J connectivity index is 1.41. The minimum atomic E-state index is -0.626. The highest BCUT2D eigenvalue weighted by molar-refractivity contribution is 6.07. The van der Waals surface area contributed by atoms with Gasteiger partial charge in [0.2, 0.25) is 11.8 Å². The number of para-hydroxylation sites is 1. The quantitative estimate of drug-likeness (QED) is 0.445. The Bertz CT molecular complexity index is 1360. The summed E-state index contributed by atoms with van der Waals surface area (Å²) in [5.74, 6) is -1.18. The summed E-state index contributed by atoms with van der Waals surface area (Å²) < 4.78 is 13.2. The smallest absolute Gasteiger partial charge is 0.228 e. The Morgan fingerprint density at radius 3 is 2.43 bits per heavy atom. The van der Waals surface area contributed by atoms with E-state index in [1.165, 1.54) is 12.1 Å². The van der Waals surface area contributed by atoms with Gasteiger partial charge >= 0.3 is 0 Å². The molecule has 35 heavy (non-hydrogen) atoms. The molecule has 7 heteroatoms. The van der Waals surface area contributed by atoms with Crippen molar-refractivity contribution in [2.24, 2.45) is 0 Å². The van der Waals surface area contributed by atoms with Gasteiger partial charge in [0.05, 0.1) is 5.92 Å². The van der Waals surface area contributed by atoms with Gasteiger partial charge in [0, 0.05) is 61.0 Å². The Labute approximate surface area is 203 Å². The lowest BCUT2D eigenvalue weighted by molar-refractivity contribution is -0.135. The number of piperazine rings is 1. The summed E-state index contributed by atoms with van der Waals surface area (Å²) in [5.41, 5.74) is 3.57. The van der Waals surface area contributed by atoms with Crippen LogP contribution < -0.4 is 5.32 Å². The largest absolute Gasteiger partial charge is 0.355 e. The second-order valence-electron chi connectivity index (χ2n) is 9.26. The first-order valence-electron chi connectivity index (χ1n) is 12.0. The number of carbonyl (C=O) groups excluding carboxylic acids is 2. The molecule has 1 aromatic heterocycles. The number of nitrogens with one attached hydrogen (secondary N) is 2. The SMILES string of the molecule is CN1CCN(C(=O)CC(C(=O)NCc2ccc(F)cc2)c2ccc3c(c2)[nH]c2ccccc23)CC1. The van der Waals surface area contributed by atoms with E-state index in [2.05, 4.69) is 21.3 Å². The van der Waals surface area contributed by atoms with Crippen molar-refractivity contribution >= 4 is 33.6 Å². The zero-order valence-electron chi connectivity index (χ0n) is 19.8. The number of nitrogens with zero attached hydrogens (tertiary/aromatic N) is 2. The van der Waals surface area contributed by atoms with Crippen LogP contribution in [0.1, 0.15) is 23.5 Å². The zero-order chi connectivity index (χ0) is 24.4. The third kappa shape index (κ3) is 5.05. The second kappa shape index (κ2) is 9.88. The summed E-state index contributed by atoms with van der Waals surface area (Å²) >= 11 is 0. The molecular formula is C28H29FN4O2. The normalized spacial score (nSPS) is 15.4. The molecule has 5 rings (SSSR count). The lowest BCUT2D eigenvalue weighted by atomic mass is 9.92. The summed E-state index contributed by atoms with van der Waals surface area (Å²) in [6, 6.07) is 20.1. The van der Waals surface area contributed by atoms with Gasteiger partial charge in [-0.2, -0.15) is 0 Å². The van der Waals surface area contributed by atoms with Gasteiger partial charge in [0.1, 0.15) is 5.82 Å². The van der Waals surface area contributed by atoms with Crippen LogP contribution in [0.5, 0.6) is 0 Å². The number of benzene rings is 3. The predicted molar refractivity (Wildman–Crippen MR) is 135 cm³/mol. The zero-order valence-corrected chi connectivity index (χ0v) is 19.8. The summed E-state index contributed by atoms with van der Waals surface area (Å²) in [7, 11) is 2.04. The summed E-state index contributed by atoms with van der Waals surface area (Å²) in [4.78, 5) is 34.0. The Kier molecular flexibility index (Phi) is 6.51. The first-order valence-corrected chi connectivity index (χ1v) is 12.0. The van der Waals surface area contributed by atoms with Crippen LogP contribution in [0.3, 0.4) is 0 Å². The number of likely N-dealkylation sites (N-methyl/N-ethyl adjacent to an activating group) is 1. The average molecular weight is 473 g/mol. The van der Waals surface area contributed by atoms with Crippen molar-refractivity contribution in [2.45, 2.75) is 18.9 Å². The third-order valence-corrected chi connectivity index (χ3v) is 6.86. The monoisotopic (exact) mass is 472 g/mol. The van der Waals surface area contributed by atoms with Gasteiger partial charge in [-0.25, -0.2) is 4.39 Å². The Morgan fingerprint density at radius 1 is 0.943 bits per heavy atom. The van der Waals surface area contributed by atoms with Crippen LogP contribution in [0.4, 0.5) is 4.39 Å². The van der Waals surface area contributed by atoms with Crippen LogP contribution in [0, 0.1) is 5.82 Å². The molecule has 4 aromatic rings. The van der Waals surface area contributed by atoms with E-state index in [9.17, 15) is 14.0 Å². The van der Waals surface area contributed by atoms with Gasteiger partial charge in [0.25, 0.3) is 0 Å². The summed E-state index contributed by atoms with van der Waals surface area (Å²) in [5, 5.41) is 5.16. The molecule has 0 saturated carbocycles. The maximum Gasteiger partial charge on any atom is 0.228 e. The average Bonchev–Trinajstić information content (AvgIpc) is 3.25. The van der Waals surface area contributed by atoms with Crippen molar-refractivity contribution in [2.75, 3.05) is 33.2 Å². The Hall–Kier alpha value is -3.71. The molecule has 0 aliphatic carbocycles. The number of aromatic amines is 1. The van der Waals surface area contributed by atoms with Gasteiger partial charge in [0.15, 0.2) is 0 Å². The topological polar surface area (TPSA) is 68.4 Å². The third-order valence-electron chi connectivity index (χ3n) is 6.86. The highest BCUT2D eigenvalue weighted by Crippen LogP contribution is 2.30. The lowest BCUT2D eigenvalue weighted by Gasteiger charge is -2.33. The van der Waals surface area contributed by atoms with E-state index in [1.807, 2.05) is 48.3 Å². The molecule has 1 fully saturated rings. The van der Waals surface area contributed by atoms with Crippen LogP contribution in [-0.4, -0.2) is 59.8 Å². The van der Waals surface area contributed by atoms with Crippen molar-refractivity contribution in [1.82, 2.24) is 20.1 Å². The number of hydrogen-bond donors (Lipinski definition) is 2. The van der Waals surface area contributed by atoms with Crippen LogP contribution in [0.2, 0.25) is 0 Å². The molecule has 1 unspecified atom stereocenters. The molecule has 1 atom stereocenters. The number of halogens is 1. The van der Waals surface area contributed by atoms with E-state index in [0.29, 0.717) is 13.1 Å². The van der Waals surface area contributed by atoms with Crippen molar-refractivity contribution < 1.29 is 14.0 Å². The van der Waals surface area contributed by atoms with Crippen molar-refractivity contribution in [3.63, 3.8) is 0 Å². The molecule has 1 saturated heterocycles. The molecule has 0 bridgehead atoms. The first kappa shape index (κ1) is 23.1. The van der Waals surface area contributed by atoms with Crippen LogP contribution >= 0.6 is 0 Å². The predicted octanol–water partition coefficient (Wildman–Crippen LogP) is 4.02. The van der Waals surface area contributed by atoms with Gasteiger partial charge in [-0.05, 0) is 42.4 Å². The van der Waals surface area contributed by atoms with Crippen LogP contribution in [-0.2, 0) is 16.1 Å². The lowest BCUT2D eigenvalue weighted by Crippen LogP contribution is -2.47. The standard InChI is InChI=1S/C28H29FN4O2/c1-32-12-14-33(15-13-32)27(34)17-24(28(35)30-18-19-6-9-21(29)10-7-19)20-8-11-23-22-4-2-3-5-25(22)31-26(23)16-20/h2-11,16,24,31H,12-15,17-18H2,1H3,(H,30,35).